The molecule has 0 bridgehead atoms. The minimum absolute atomic E-state index is 0.0500. The van der Waals surface area contributed by atoms with Crippen LogP contribution < -0.4 is 10.6 Å². The first kappa shape index (κ1) is 23.6. The summed E-state index contributed by atoms with van der Waals surface area (Å²) in [6.45, 7) is 6.94. The summed E-state index contributed by atoms with van der Waals surface area (Å²) in [5.41, 5.74) is 6.89. The van der Waals surface area contributed by atoms with E-state index < -0.39 is 0 Å². The molecule has 2 aromatic carbocycles. The third-order valence-corrected chi connectivity index (χ3v) is 6.35. The van der Waals surface area contributed by atoms with Gasteiger partial charge in [-0.1, -0.05) is 42.5 Å². The van der Waals surface area contributed by atoms with Gasteiger partial charge in [-0.15, -0.1) is 0 Å². The lowest BCUT2D eigenvalue weighted by atomic mass is 9.91. The van der Waals surface area contributed by atoms with Crippen molar-refractivity contribution < 1.29 is 4.79 Å². The van der Waals surface area contributed by atoms with Crippen molar-refractivity contribution in [1.29, 1.82) is 0 Å². The minimum Gasteiger partial charge on any atom is -0.324 e. The van der Waals surface area contributed by atoms with E-state index in [9.17, 15) is 4.79 Å². The highest BCUT2D eigenvalue weighted by atomic mass is 16.1. The molecule has 0 radical (unpaired) electrons. The zero-order valence-electron chi connectivity index (χ0n) is 20.8. The summed E-state index contributed by atoms with van der Waals surface area (Å²) in [5, 5.41) is 11.2. The number of anilines is 2. The fourth-order valence-corrected chi connectivity index (χ4v) is 4.40. The summed E-state index contributed by atoms with van der Waals surface area (Å²) < 4.78 is 1.92. The summed E-state index contributed by atoms with van der Waals surface area (Å²) in [4.78, 5) is 22.2. The number of aromatic nitrogens is 4. The average molecular weight is 479 g/mol. The van der Waals surface area contributed by atoms with Crippen LogP contribution in [0.15, 0.2) is 73.2 Å². The number of aryl methyl sites for hydroxylation is 1. The van der Waals surface area contributed by atoms with Crippen LogP contribution in [0.25, 0.3) is 17.3 Å². The van der Waals surface area contributed by atoms with Gasteiger partial charge < -0.3 is 10.6 Å². The maximum atomic E-state index is 13.0. The number of ketones is 1. The molecule has 0 aliphatic carbocycles. The van der Waals surface area contributed by atoms with Crippen molar-refractivity contribution in [3.8, 4) is 11.3 Å². The van der Waals surface area contributed by atoms with Gasteiger partial charge in [-0.25, -0.2) is 9.97 Å². The largest absolute Gasteiger partial charge is 0.324 e. The molecular weight excluding hydrogens is 448 g/mol. The molecule has 0 spiro atoms. The van der Waals surface area contributed by atoms with E-state index in [1.54, 1.807) is 6.08 Å². The second-order valence-corrected chi connectivity index (χ2v) is 9.35. The van der Waals surface area contributed by atoms with E-state index in [0.717, 1.165) is 52.2 Å². The summed E-state index contributed by atoms with van der Waals surface area (Å²) in [6.07, 6.45) is 10.1. The Balaban J connectivity index is 1.35. The van der Waals surface area contributed by atoms with Crippen LogP contribution in [0, 0.1) is 6.92 Å². The SMILES string of the molecule is Cc1cnc(Nc2ccc3c(c2)CCNC3C(=O)C=Cc2ccccc2)nc1-c1cnn(C(C)C)c1. The molecule has 3 heterocycles. The predicted molar refractivity (Wildman–Crippen MR) is 143 cm³/mol. The van der Waals surface area contributed by atoms with E-state index in [0.29, 0.717) is 5.95 Å². The zero-order chi connectivity index (χ0) is 25.1. The van der Waals surface area contributed by atoms with Crippen LogP contribution in [0.5, 0.6) is 0 Å². The van der Waals surface area contributed by atoms with Crippen LogP contribution in [0.3, 0.4) is 0 Å². The van der Waals surface area contributed by atoms with Gasteiger partial charge in [0.05, 0.1) is 17.9 Å². The quantitative estimate of drug-likeness (QED) is 0.344. The Kier molecular flexibility index (Phi) is 6.73. The van der Waals surface area contributed by atoms with Crippen molar-refractivity contribution in [2.24, 2.45) is 0 Å². The van der Waals surface area contributed by atoms with E-state index in [1.165, 1.54) is 0 Å². The first-order chi connectivity index (χ1) is 17.5. The summed E-state index contributed by atoms with van der Waals surface area (Å²) >= 11 is 0. The van der Waals surface area contributed by atoms with Gasteiger partial charge in [0.15, 0.2) is 5.78 Å². The maximum absolute atomic E-state index is 13.0. The van der Waals surface area contributed by atoms with Crippen LogP contribution in [-0.2, 0) is 11.2 Å². The van der Waals surface area contributed by atoms with E-state index in [2.05, 4.69) is 40.6 Å². The van der Waals surface area contributed by atoms with E-state index in [4.69, 9.17) is 4.98 Å². The summed E-state index contributed by atoms with van der Waals surface area (Å²) in [5.74, 6) is 0.578. The second-order valence-electron chi connectivity index (χ2n) is 9.35. The highest BCUT2D eigenvalue weighted by molar-refractivity contribution is 5.98. The van der Waals surface area contributed by atoms with E-state index in [1.807, 2.05) is 78.7 Å². The number of nitrogens with zero attached hydrogens (tertiary/aromatic N) is 4. The molecule has 7 nitrogen and oxygen atoms in total. The Morgan fingerprint density at radius 1 is 1.17 bits per heavy atom. The molecule has 1 atom stereocenters. The van der Waals surface area contributed by atoms with Gasteiger partial charge in [-0.05, 0) is 67.7 Å². The Labute approximate surface area is 211 Å². The number of hydrogen-bond acceptors (Lipinski definition) is 6. The minimum atomic E-state index is -0.345. The lowest BCUT2D eigenvalue weighted by molar-refractivity contribution is -0.116. The molecule has 0 saturated heterocycles. The predicted octanol–water partition coefficient (Wildman–Crippen LogP) is 5.44. The Morgan fingerprint density at radius 2 is 2.00 bits per heavy atom. The van der Waals surface area contributed by atoms with Crippen molar-refractivity contribution in [2.75, 3.05) is 11.9 Å². The number of hydrogen-bond donors (Lipinski definition) is 2. The molecule has 0 saturated carbocycles. The van der Waals surface area contributed by atoms with Crippen molar-refractivity contribution in [3.05, 3.63) is 95.5 Å². The normalized spacial score (nSPS) is 15.3. The van der Waals surface area contributed by atoms with Gasteiger partial charge >= 0.3 is 0 Å². The molecule has 2 aromatic heterocycles. The smallest absolute Gasteiger partial charge is 0.227 e. The van der Waals surface area contributed by atoms with Crippen LogP contribution >= 0.6 is 0 Å². The summed E-state index contributed by atoms with van der Waals surface area (Å²) in [7, 11) is 0. The van der Waals surface area contributed by atoms with Crippen LogP contribution in [0.1, 0.15) is 48.2 Å². The van der Waals surface area contributed by atoms with Gasteiger partial charge in [0.1, 0.15) is 0 Å². The fourth-order valence-electron chi connectivity index (χ4n) is 4.40. The number of benzene rings is 2. The first-order valence-electron chi connectivity index (χ1n) is 12.3. The third kappa shape index (κ3) is 5.11. The number of fused-ring (bicyclic) bond motifs is 1. The van der Waals surface area contributed by atoms with E-state index >= 15 is 0 Å². The van der Waals surface area contributed by atoms with Crippen LogP contribution in [-0.4, -0.2) is 32.1 Å². The first-order valence-corrected chi connectivity index (χ1v) is 12.3. The molecule has 0 fully saturated rings. The highest BCUT2D eigenvalue weighted by Crippen LogP contribution is 2.29. The third-order valence-electron chi connectivity index (χ3n) is 6.35. The number of nitrogens with one attached hydrogen (secondary N) is 2. The van der Waals surface area contributed by atoms with E-state index in [-0.39, 0.29) is 17.9 Å². The van der Waals surface area contributed by atoms with Crippen molar-refractivity contribution in [2.45, 2.75) is 39.3 Å². The molecule has 1 aliphatic heterocycles. The lowest BCUT2D eigenvalue weighted by Crippen LogP contribution is -2.34. The molecule has 36 heavy (non-hydrogen) atoms. The molecule has 0 amide bonds. The molecule has 7 heteroatoms. The maximum Gasteiger partial charge on any atom is 0.227 e. The van der Waals surface area contributed by atoms with Crippen LogP contribution in [0.4, 0.5) is 11.6 Å². The van der Waals surface area contributed by atoms with Gasteiger partial charge in [0, 0.05) is 36.2 Å². The van der Waals surface area contributed by atoms with Gasteiger partial charge in [0.25, 0.3) is 0 Å². The van der Waals surface area contributed by atoms with Crippen molar-refractivity contribution >= 4 is 23.5 Å². The fraction of sp³-hybridized carbons (Fsp3) is 0.241. The monoisotopic (exact) mass is 478 g/mol. The summed E-state index contributed by atoms with van der Waals surface area (Å²) in [6, 6.07) is 15.9. The molecule has 4 aromatic rings. The van der Waals surface area contributed by atoms with Crippen molar-refractivity contribution in [1.82, 2.24) is 25.1 Å². The molecule has 1 aliphatic rings. The van der Waals surface area contributed by atoms with Gasteiger partial charge in [0.2, 0.25) is 5.95 Å². The molecule has 1 unspecified atom stereocenters. The van der Waals surface area contributed by atoms with Crippen molar-refractivity contribution in [3.63, 3.8) is 0 Å². The van der Waals surface area contributed by atoms with Gasteiger partial charge in [-0.3, -0.25) is 9.48 Å². The topological polar surface area (TPSA) is 84.7 Å². The highest BCUT2D eigenvalue weighted by Gasteiger charge is 2.24. The average Bonchev–Trinajstić information content (AvgIpc) is 3.39. The Morgan fingerprint density at radius 3 is 2.78 bits per heavy atom. The standard InChI is InChI=1S/C29H30N6O/c1-19(2)35-18-23(17-32-35)27-20(3)16-31-29(34-27)33-24-10-11-25-22(15-24)13-14-30-28(25)26(36)12-9-21-7-5-4-6-8-21/h4-12,15-19,28,30H,13-14H2,1-3H3,(H,31,33,34). The molecular formula is C29H30N6O. The molecule has 5 rings (SSSR count). The lowest BCUT2D eigenvalue weighted by Gasteiger charge is -2.25. The Hall–Kier alpha value is -4.10. The number of carbonyl (C=O) groups excluding carboxylic acids is 1. The molecule has 2 N–H and O–H groups in total. The second kappa shape index (κ2) is 10.3. The Bertz CT molecular complexity index is 1410. The van der Waals surface area contributed by atoms with Gasteiger partial charge in [-0.2, -0.15) is 5.10 Å². The number of carbonyl (C=O) groups is 1. The molecule has 182 valence electrons. The zero-order valence-corrected chi connectivity index (χ0v) is 20.8. The van der Waals surface area contributed by atoms with Crippen LogP contribution in [0.2, 0.25) is 0 Å². The number of rotatable bonds is 7.